The highest BCUT2D eigenvalue weighted by molar-refractivity contribution is 7.19. The predicted octanol–water partition coefficient (Wildman–Crippen LogP) is 12.0. The van der Waals surface area contributed by atoms with Crippen LogP contribution in [-0.4, -0.2) is 0 Å². The Balaban J connectivity index is 2.85. The van der Waals surface area contributed by atoms with E-state index >= 15 is 0 Å². The van der Waals surface area contributed by atoms with Crippen molar-refractivity contribution in [1.82, 2.24) is 0 Å². The zero-order valence-electron chi connectivity index (χ0n) is 27.9. The molecule has 0 bridgehead atoms. The van der Waals surface area contributed by atoms with Gasteiger partial charge in [0.1, 0.15) is 0 Å². The van der Waals surface area contributed by atoms with Gasteiger partial charge in [0.2, 0.25) is 0 Å². The van der Waals surface area contributed by atoms with E-state index in [1.54, 1.807) is 0 Å². The predicted molar refractivity (Wildman–Crippen MR) is 187 cm³/mol. The summed E-state index contributed by atoms with van der Waals surface area (Å²) in [7, 11) is 6.90. The molecule has 3 aromatic carbocycles. The molecule has 2 atom stereocenters. The molecule has 0 aliphatic heterocycles. The fourth-order valence-corrected chi connectivity index (χ4v) is 8.39. The van der Waals surface area contributed by atoms with Gasteiger partial charge in [0.25, 0.3) is 0 Å². The van der Waals surface area contributed by atoms with Crippen LogP contribution >= 0.6 is 18.5 Å². The Kier molecular flexibility index (Phi) is 8.80. The molecule has 0 aromatic heterocycles. The number of hydrogen-bond acceptors (Lipinski definition) is 0. The lowest BCUT2D eigenvalue weighted by Crippen LogP contribution is -2.51. The van der Waals surface area contributed by atoms with E-state index in [4.69, 9.17) is 0 Å². The zero-order valence-corrected chi connectivity index (χ0v) is 30.2. The van der Waals surface area contributed by atoms with Crippen LogP contribution in [0, 0.1) is 35.5 Å². The van der Waals surface area contributed by atoms with Crippen molar-refractivity contribution in [2.75, 3.05) is 0 Å². The third kappa shape index (κ3) is 5.16. The van der Waals surface area contributed by atoms with Crippen molar-refractivity contribution in [2.24, 2.45) is 21.7 Å². The van der Waals surface area contributed by atoms with Crippen LogP contribution in [-0.2, 0) is 10.3 Å². The smallest absolute Gasteiger partial charge is 0.0200 e. The maximum Gasteiger partial charge on any atom is 0.0200 e. The summed E-state index contributed by atoms with van der Waals surface area (Å²) in [6.45, 7) is 33.9. The van der Waals surface area contributed by atoms with Crippen molar-refractivity contribution < 1.29 is 0 Å². The molecule has 0 N–H and O–H groups in total. The zero-order chi connectivity index (χ0) is 30.7. The summed E-state index contributed by atoms with van der Waals surface area (Å²) in [6, 6.07) is 22.1. The lowest BCUT2D eigenvalue weighted by Gasteiger charge is -2.59. The molecular weight excluding hydrogens is 518 g/mol. The van der Waals surface area contributed by atoms with E-state index in [1.807, 2.05) is 0 Å². The minimum Gasteiger partial charge on any atom is -0.125 e. The standard InChI is InChI=1S/C38H56P2/c1-25-29(27-21-17-15-18-22-27)30(28-23-19-16-20-24-28)26(2)32(38(40,35(9,10)11)36(12,13)14)31(25)37(39,33(3,4)5)34(6,7)8/h15-24H,39-40H2,1-14H3. The van der Waals surface area contributed by atoms with Gasteiger partial charge in [-0.3, -0.25) is 0 Å². The molecule has 3 aromatic rings. The average molecular weight is 575 g/mol. The molecule has 2 heteroatoms. The number of hydrogen-bond donors (Lipinski definition) is 0. The third-order valence-electron chi connectivity index (χ3n) is 9.65. The van der Waals surface area contributed by atoms with Gasteiger partial charge in [0.05, 0.1) is 0 Å². The molecule has 0 aliphatic rings. The second-order valence-electron chi connectivity index (χ2n) is 16.1. The van der Waals surface area contributed by atoms with Crippen LogP contribution in [0.2, 0.25) is 0 Å². The summed E-state index contributed by atoms with van der Waals surface area (Å²) in [5.41, 5.74) is 11.0. The van der Waals surface area contributed by atoms with E-state index in [2.05, 4.69) is 176 Å². The summed E-state index contributed by atoms with van der Waals surface area (Å²) < 4.78 is 0. The average Bonchev–Trinajstić information content (AvgIpc) is 2.82. The van der Waals surface area contributed by atoms with Crippen molar-refractivity contribution >= 4 is 18.5 Å². The highest BCUT2D eigenvalue weighted by Gasteiger charge is 2.56. The first-order chi connectivity index (χ1) is 18.0. The normalized spacial score (nSPS) is 14.0. The first-order valence-electron chi connectivity index (χ1n) is 14.9. The van der Waals surface area contributed by atoms with Gasteiger partial charge in [0, 0.05) is 10.3 Å². The first kappa shape index (κ1) is 33.0. The molecule has 3 rings (SSSR count). The van der Waals surface area contributed by atoms with Gasteiger partial charge in [-0.15, -0.1) is 18.5 Å². The molecule has 0 nitrogen and oxygen atoms in total. The van der Waals surface area contributed by atoms with E-state index in [0.717, 1.165) is 0 Å². The minimum atomic E-state index is -0.207. The second kappa shape index (κ2) is 10.7. The van der Waals surface area contributed by atoms with Gasteiger partial charge in [0.15, 0.2) is 0 Å². The minimum absolute atomic E-state index is 0.0224. The Morgan fingerprint density at radius 1 is 0.400 bits per heavy atom. The molecule has 0 saturated heterocycles. The summed E-state index contributed by atoms with van der Waals surface area (Å²) in [5.74, 6) is 0. The third-order valence-corrected chi connectivity index (χ3v) is 13.7. The molecule has 218 valence electrons. The van der Waals surface area contributed by atoms with Crippen LogP contribution in [0.5, 0.6) is 0 Å². The van der Waals surface area contributed by atoms with Crippen molar-refractivity contribution in [3.63, 3.8) is 0 Å². The molecular formula is C38H56P2. The van der Waals surface area contributed by atoms with Crippen molar-refractivity contribution in [3.8, 4) is 22.3 Å². The first-order valence-corrected chi connectivity index (χ1v) is 16.1. The van der Waals surface area contributed by atoms with Crippen LogP contribution in [0.1, 0.15) is 105 Å². The van der Waals surface area contributed by atoms with E-state index < -0.39 is 0 Å². The summed E-state index contributed by atoms with van der Waals surface area (Å²) in [6.07, 6.45) is 0. The number of benzene rings is 3. The van der Waals surface area contributed by atoms with Crippen molar-refractivity contribution in [3.05, 3.63) is 82.9 Å². The quantitative estimate of drug-likeness (QED) is 0.272. The fourth-order valence-electron chi connectivity index (χ4n) is 7.67. The van der Waals surface area contributed by atoms with Gasteiger partial charge in [-0.1, -0.05) is 144 Å². The van der Waals surface area contributed by atoms with Gasteiger partial charge in [-0.05, 0) is 80.0 Å². The highest BCUT2D eigenvalue weighted by atomic mass is 31.0. The molecule has 0 amide bonds. The molecule has 0 aliphatic carbocycles. The summed E-state index contributed by atoms with van der Waals surface area (Å²) >= 11 is 0. The van der Waals surface area contributed by atoms with E-state index in [-0.39, 0.29) is 32.0 Å². The van der Waals surface area contributed by atoms with Crippen LogP contribution in [0.4, 0.5) is 0 Å². The Labute approximate surface area is 252 Å². The van der Waals surface area contributed by atoms with Crippen LogP contribution < -0.4 is 0 Å². The molecule has 40 heavy (non-hydrogen) atoms. The molecule has 0 saturated carbocycles. The maximum atomic E-state index is 3.45. The highest BCUT2D eigenvalue weighted by Crippen LogP contribution is 2.67. The molecule has 0 radical (unpaired) electrons. The van der Waals surface area contributed by atoms with Crippen LogP contribution in [0.3, 0.4) is 0 Å². The van der Waals surface area contributed by atoms with Gasteiger partial charge >= 0.3 is 0 Å². The van der Waals surface area contributed by atoms with Crippen LogP contribution in [0.15, 0.2) is 60.7 Å². The molecule has 0 spiro atoms. The number of rotatable bonds is 4. The Morgan fingerprint density at radius 3 is 0.825 bits per heavy atom. The molecule has 2 unspecified atom stereocenters. The van der Waals surface area contributed by atoms with Crippen molar-refractivity contribution in [2.45, 2.75) is 107 Å². The van der Waals surface area contributed by atoms with E-state index in [9.17, 15) is 0 Å². The van der Waals surface area contributed by atoms with Crippen molar-refractivity contribution in [1.29, 1.82) is 0 Å². The second-order valence-corrected chi connectivity index (χ2v) is 17.8. The Hall–Kier alpha value is -1.48. The van der Waals surface area contributed by atoms with Crippen LogP contribution in [0.25, 0.3) is 22.3 Å². The Bertz CT molecular complexity index is 1200. The van der Waals surface area contributed by atoms with E-state index in [1.165, 1.54) is 44.5 Å². The van der Waals surface area contributed by atoms with Gasteiger partial charge in [-0.25, -0.2) is 0 Å². The summed E-state index contributed by atoms with van der Waals surface area (Å²) in [4.78, 5) is 0. The maximum absolute atomic E-state index is 3.45. The lowest BCUT2D eigenvalue weighted by molar-refractivity contribution is 0.117. The SMILES string of the molecule is Cc1c(-c2ccccc2)c(-c2ccccc2)c(C)c(C(P)(C(C)(C)C)C(C)(C)C)c1C(P)(C(C)(C)C)C(C)(C)C. The largest absolute Gasteiger partial charge is 0.125 e. The molecule has 0 heterocycles. The molecule has 0 fully saturated rings. The van der Waals surface area contributed by atoms with E-state index in [0.29, 0.717) is 0 Å². The topological polar surface area (TPSA) is 0 Å². The summed E-state index contributed by atoms with van der Waals surface area (Å²) in [5, 5.41) is -0.414. The fraction of sp³-hybridized carbons (Fsp3) is 0.526. The monoisotopic (exact) mass is 574 g/mol. The van der Waals surface area contributed by atoms with Gasteiger partial charge in [-0.2, -0.15) is 0 Å². The Morgan fingerprint density at radius 2 is 0.625 bits per heavy atom. The van der Waals surface area contributed by atoms with Gasteiger partial charge < -0.3 is 0 Å². The lowest BCUT2D eigenvalue weighted by atomic mass is 9.54.